The maximum atomic E-state index is 12.0. The molecule has 1 N–H and O–H groups in total. The van der Waals surface area contributed by atoms with Gasteiger partial charge in [-0.05, 0) is 25.7 Å². The Morgan fingerprint density at radius 1 is 1.00 bits per heavy atom. The zero-order chi connectivity index (χ0) is 18.3. The van der Waals surface area contributed by atoms with Crippen LogP contribution in [-0.4, -0.2) is 24.0 Å². The second-order valence-corrected chi connectivity index (χ2v) is 7.45. The molecule has 1 unspecified atom stereocenters. The van der Waals surface area contributed by atoms with E-state index in [9.17, 15) is 9.59 Å². The van der Waals surface area contributed by atoms with Crippen molar-refractivity contribution in [2.24, 2.45) is 0 Å². The van der Waals surface area contributed by atoms with Crippen LogP contribution >= 0.6 is 0 Å². The minimum absolute atomic E-state index is 0.00330. The molecule has 0 aliphatic carbocycles. The van der Waals surface area contributed by atoms with E-state index in [1.165, 1.54) is 64.2 Å². The Morgan fingerprint density at radius 3 is 2.04 bits per heavy atom. The summed E-state index contributed by atoms with van der Waals surface area (Å²) in [6.07, 6.45) is 17.4. The standard InChI is InChI=1S/C21H39NO3/c1-3-5-6-7-8-9-10-11-12-13-14-15-18(4-2)25-21(24)19-16-17-20(23)22-19/h18-19H,3-17H2,1-2H3,(H,22,23)/t18?,19-/m0/s1. The minimum Gasteiger partial charge on any atom is -0.461 e. The van der Waals surface area contributed by atoms with Crippen molar-refractivity contribution >= 4 is 11.9 Å². The van der Waals surface area contributed by atoms with Gasteiger partial charge in [0.1, 0.15) is 12.1 Å². The zero-order valence-corrected chi connectivity index (χ0v) is 16.5. The maximum absolute atomic E-state index is 12.0. The molecule has 0 radical (unpaired) electrons. The Hall–Kier alpha value is -1.06. The third-order valence-electron chi connectivity index (χ3n) is 5.15. The lowest BCUT2D eigenvalue weighted by molar-refractivity contribution is -0.152. The summed E-state index contributed by atoms with van der Waals surface area (Å²) in [6.45, 7) is 4.32. The van der Waals surface area contributed by atoms with Crippen LogP contribution in [0.15, 0.2) is 0 Å². The number of unbranched alkanes of at least 4 members (excludes halogenated alkanes) is 10. The third-order valence-corrected chi connectivity index (χ3v) is 5.15. The Morgan fingerprint density at radius 2 is 1.56 bits per heavy atom. The number of ether oxygens (including phenoxy) is 1. The Balaban J connectivity index is 1.96. The molecule has 0 aromatic carbocycles. The Labute approximate surface area is 154 Å². The van der Waals surface area contributed by atoms with Crippen molar-refractivity contribution in [1.29, 1.82) is 0 Å². The molecule has 4 heteroatoms. The fourth-order valence-electron chi connectivity index (χ4n) is 3.42. The zero-order valence-electron chi connectivity index (χ0n) is 16.5. The van der Waals surface area contributed by atoms with Crippen molar-refractivity contribution in [2.75, 3.05) is 0 Å². The smallest absolute Gasteiger partial charge is 0.328 e. The van der Waals surface area contributed by atoms with Gasteiger partial charge in [-0.2, -0.15) is 0 Å². The van der Waals surface area contributed by atoms with Gasteiger partial charge in [0.15, 0.2) is 0 Å². The second kappa shape index (κ2) is 14.1. The summed E-state index contributed by atoms with van der Waals surface area (Å²) in [5.74, 6) is -0.291. The van der Waals surface area contributed by atoms with Crippen molar-refractivity contribution in [3.8, 4) is 0 Å². The van der Waals surface area contributed by atoms with Crippen molar-refractivity contribution < 1.29 is 14.3 Å². The first-order valence-corrected chi connectivity index (χ1v) is 10.7. The highest BCUT2D eigenvalue weighted by Gasteiger charge is 2.29. The van der Waals surface area contributed by atoms with Crippen LogP contribution in [0.2, 0.25) is 0 Å². The van der Waals surface area contributed by atoms with Crippen molar-refractivity contribution in [3.63, 3.8) is 0 Å². The molecule has 25 heavy (non-hydrogen) atoms. The van der Waals surface area contributed by atoms with Gasteiger partial charge in [0.05, 0.1) is 0 Å². The van der Waals surface area contributed by atoms with Crippen LogP contribution in [0.5, 0.6) is 0 Å². The van der Waals surface area contributed by atoms with Crippen LogP contribution in [0, 0.1) is 0 Å². The number of amides is 1. The molecular formula is C21H39NO3. The molecular weight excluding hydrogens is 314 g/mol. The van der Waals surface area contributed by atoms with Crippen molar-refractivity contribution in [2.45, 2.75) is 122 Å². The Bertz CT molecular complexity index is 370. The second-order valence-electron chi connectivity index (χ2n) is 7.45. The van der Waals surface area contributed by atoms with Crippen LogP contribution in [-0.2, 0) is 14.3 Å². The molecule has 1 amide bonds. The van der Waals surface area contributed by atoms with Crippen LogP contribution in [0.25, 0.3) is 0 Å². The van der Waals surface area contributed by atoms with Crippen LogP contribution < -0.4 is 5.32 Å². The molecule has 0 aromatic heterocycles. The van der Waals surface area contributed by atoms with Gasteiger partial charge in [0.2, 0.25) is 5.91 Å². The van der Waals surface area contributed by atoms with Crippen molar-refractivity contribution in [3.05, 3.63) is 0 Å². The number of carbonyl (C=O) groups excluding carboxylic acids is 2. The van der Waals surface area contributed by atoms with E-state index in [0.29, 0.717) is 12.8 Å². The van der Waals surface area contributed by atoms with E-state index >= 15 is 0 Å². The van der Waals surface area contributed by atoms with E-state index in [0.717, 1.165) is 19.3 Å². The normalized spacial score (nSPS) is 18.2. The van der Waals surface area contributed by atoms with Crippen LogP contribution in [0.1, 0.15) is 110 Å². The molecule has 1 saturated heterocycles. The summed E-state index contributed by atoms with van der Waals surface area (Å²) in [4.78, 5) is 23.2. The molecule has 0 saturated carbocycles. The monoisotopic (exact) mass is 353 g/mol. The molecule has 146 valence electrons. The number of rotatable bonds is 15. The average Bonchev–Trinajstić information content (AvgIpc) is 3.05. The van der Waals surface area contributed by atoms with Gasteiger partial charge < -0.3 is 10.1 Å². The van der Waals surface area contributed by atoms with Gasteiger partial charge in [-0.15, -0.1) is 0 Å². The van der Waals surface area contributed by atoms with Gasteiger partial charge in [0, 0.05) is 6.42 Å². The molecule has 1 aliphatic heterocycles. The van der Waals surface area contributed by atoms with Gasteiger partial charge in [-0.1, -0.05) is 78.1 Å². The molecule has 0 bridgehead atoms. The molecule has 0 aromatic rings. The van der Waals surface area contributed by atoms with Gasteiger partial charge in [-0.25, -0.2) is 4.79 Å². The lowest BCUT2D eigenvalue weighted by Crippen LogP contribution is -2.36. The quantitative estimate of drug-likeness (QED) is 0.321. The molecule has 1 rings (SSSR count). The largest absolute Gasteiger partial charge is 0.461 e. The predicted octanol–water partition coefficient (Wildman–Crippen LogP) is 5.29. The summed E-state index contributed by atoms with van der Waals surface area (Å²) in [5.41, 5.74) is 0. The highest BCUT2D eigenvalue weighted by atomic mass is 16.5. The Kier molecular flexibility index (Phi) is 12.4. The fourth-order valence-corrected chi connectivity index (χ4v) is 3.42. The summed E-state index contributed by atoms with van der Waals surface area (Å²) in [5, 5.41) is 2.68. The van der Waals surface area contributed by atoms with Gasteiger partial charge in [-0.3, -0.25) is 4.79 Å². The number of carbonyl (C=O) groups is 2. The van der Waals surface area contributed by atoms with E-state index in [1.807, 2.05) is 0 Å². The van der Waals surface area contributed by atoms with Crippen LogP contribution in [0.3, 0.4) is 0 Å². The van der Waals surface area contributed by atoms with Gasteiger partial charge >= 0.3 is 5.97 Å². The SMILES string of the molecule is CCCCCCCCCCCCCC(CC)OC(=O)[C@@H]1CCC(=O)N1. The molecule has 2 atom stereocenters. The number of hydrogen-bond acceptors (Lipinski definition) is 3. The van der Waals surface area contributed by atoms with Crippen LogP contribution in [0.4, 0.5) is 0 Å². The van der Waals surface area contributed by atoms with E-state index in [-0.39, 0.29) is 18.0 Å². The molecule has 1 aliphatic rings. The van der Waals surface area contributed by atoms with Gasteiger partial charge in [0.25, 0.3) is 0 Å². The molecule has 1 heterocycles. The fraction of sp³-hybridized carbons (Fsp3) is 0.905. The minimum atomic E-state index is -0.418. The summed E-state index contributed by atoms with van der Waals surface area (Å²) in [6, 6.07) is -0.418. The number of esters is 1. The predicted molar refractivity (Wildman–Crippen MR) is 102 cm³/mol. The third kappa shape index (κ3) is 10.5. The molecule has 1 fully saturated rings. The van der Waals surface area contributed by atoms with E-state index < -0.39 is 6.04 Å². The maximum Gasteiger partial charge on any atom is 0.328 e. The summed E-state index contributed by atoms with van der Waals surface area (Å²) < 4.78 is 5.57. The molecule has 4 nitrogen and oxygen atoms in total. The number of nitrogens with one attached hydrogen (secondary N) is 1. The summed E-state index contributed by atoms with van der Waals surface area (Å²) in [7, 11) is 0. The summed E-state index contributed by atoms with van der Waals surface area (Å²) >= 11 is 0. The lowest BCUT2D eigenvalue weighted by atomic mass is 10.0. The topological polar surface area (TPSA) is 55.4 Å². The highest BCUT2D eigenvalue weighted by Crippen LogP contribution is 2.16. The average molecular weight is 354 g/mol. The first kappa shape index (κ1) is 22.0. The number of hydrogen-bond donors (Lipinski definition) is 1. The first-order valence-electron chi connectivity index (χ1n) is 10.7. The first-order chi connectivity index (χ1) is 12.2. The lowest BCUT2D eigenvalue weighted by Gasteiger charge is -2.18. The van der Waals surface area contributed by atoms with E-state index in [2.05, 4.69) is 19.2 Å². The van der Waals surface area contributed by atoms with E-state index in [1.54, 1.807) is 0 Å². The molecule has 0 spiro atoms. The highest BCUT2D eigenvalue weighted by molar-refractivity contribution is 5.88. The van der Waals surface area contributed by atoms with E-state index in [4.69, 9.17) is 4.74 Å². The van der Waals surface area contributed by atoms with Crippen molar-refractivity contribution in [1.82, 2.24) is 5.32 Å².